The molecule has 0 aliphatic rings. The van der Waals surface area contributed by atoms with Crippen LogP contribution in [0.25, 0.3) is 0 Å². The number of carbonyl (C=O) groups is 1. The second-order valence-electron chi connectivity index (χ2n) is 12.3. The lowest BCUT2D eigenvalue weighted by molar-refractivity contribution is -0.140. The van der Waals surface area contributed by atoms with Gasteiger partial charge >= 0.3 is 5.97 Å². The van der Waals surface area contributed by atoms with E-state index in [4.69, 9.17) is 10.7 Å². The Morgan fingerprint density at radius 3 is 1.14 bits per heavy atom. The molecule has 0 aliphatic heterocycles. The van der Waals surface area contributed by atoms with E-state index >= 15 is 0 Å². The van der Waals surface area contributed by atoms with Gasteiger partial charge < -0.3 is 16.2 Å². The summed E-state index contributed by atoms with van der Waals surface area (Å²) in [6, 6.07) is 59.8. The van der Waals surface area contributed by atoms with Gasteiger partial charge in [0.25, 0.3) is 0 Å². The average Bonchev–Trinajstić information content (AvgIpc) is 3.19. The number of hydrogen-bond acceptors (Lipinski definition) is 3. The van der Waals surface area contributed by atoms with E-state index < -0.39 is 23.1 Å². The molecule has 6 heteroatoms. The molecule has 6 aromatic carbocycles. The number of rotatable bonds is 14. The molecule has 6 rings (SSSR count). The molecule has 250 valence electrons. The molecule has 0 aliphatic carbocycles. The fourth-order valence-electron chi connectivity index (χ4n) is 6.84. The summed E-state index contributed by atoms with van der Waals surface area (Å²) >= 11 is 0. The molecule has 0 fully saturated rings. The Kier molecular flexibility index (Phi) is 10.8. The fourth-order valence-corrected chi connectivity index (χ4v) is 6.84. The Bertz CT molecular complexity index is 1760. The Morgan fingerprint density at radius 2 is 0.840 bits per heavy atom. The van der Waals surface area contributed by atoms with Crippen molar-refractivity contribution >= 4 is 11.9 Å². The molecule has 5 N–H and O–H groups in total. The van der Waals surface area contributed by atoms with Crippen molar-refractivity contribution in [2.75, 3.05) is 6.54 Å². The highest BCUT2D eigenvalue weighted by atomic mass is 16.4. The van der Waals surface area contributed by atoms with Crippen LogP contribution in [0.3, 0.4) is 0 Å². The number of carboxylic acid groups (broad SMARTS) is 1. The van der Waals surface area contributed by atoms with E-state index in [0.29, 0.717) is 19.4 Å². The molecule has 6 nitrogen and oxygen atoms in total. The zero-order chi connectivity index (χ0) is 34.7. The lowest BCUT2D eigenvalue weighted by atomic mass is 9.76. The fraction of sp³-hybridized carbons (Fsp3) is 0.136. The standard InChI is InChI=1S/C44H42N4O2/c45-42(48-44(37-26-13-4-14-27-37,38-28-15-5-16-29-38)39-30-17-6-18-31-39)46-33-19-32-40(41(49)50)47-43(34-20-7-1-8-21-34,35-22-9-2-10-23-35)36-24-11-3-12-25-36/h1-18,20-31,40,47H,19,32-33H2,(H,49,50)(H3,45,46,48). The molecular weight excluding hydrogens is 617 g/mol. The number of guanidine groups is 1. The van der Waals surface area contributed by atoms with Crippen molar-refractivity contribution in [3.8, 4) is 0 Å². The summed E-state index contributed by atoms with van der Waals surface area (Å²) in [5.41, 5.74) is 10.9. The molecule has 0 spiro atoms. The smallest absolute Gasteiger partial charge is 0.320 e. The van der Waals surface area contributed by atoms with Gasteiger partial charge in [0, 0.05) is 6.54 Å². The van der Waals surface area contributed by atoms with Crippen molar-refractivity contribution in [2.45, 2.75) is 30.0 Å². The highest BCUT2D eigenvalue weighted by molar-refractivity contribution is 5.81. The van der Waals surface area contributed by atoms with Crippen LogP contribution in [-0.4, -0.2) is 29.6 Å². The molecule has 0 radical (unpaired) electrons. The maximum Gasteiger partial charge on any atom is 0.320 e. The van der Waals surface area contributed by atoms with Gasteiger partial charge in [-0.2, -0.15) is 0 Å². The van der Waals surface area contributed by atoms with Crippen LogP contribution in [0.1, 0.15) is 46.2 Å². The molecule has 0 saturated heterocycles. The van der Waals surface area contributed by atoms with Gasteiger partial charge in [-0.25, -0.2) is 0 Å². The normalized spacial score (nSPS) is 12.6. The quantitative estimate of drug-likeness (QED) is 0.0416. The second kappa shape index (κ2) is 15.9. The van der Waals surface area contributed by atoms with Crippen molar-refractivity contribution in [3.63, 3.8) is 0 Å². The molecule has 0 saturated carbocycles. The highest BCUT2D eigenvalue weighted by Crippen LogP contribution is 2.38. The Labute approximate surface area is 294 Å². The van der Waals surface area contributed by atoms with Crippen molar-refractivity contribution in [1.82, 2.24) is 10.6 Å². The number of hydrogen-bond donors (Lipinski definition) is 4. The van der Waals surface area contributed by atoms with Gasteiger partial charge in [-0.15, -0.1) is 0 Å². The minimum atomic E-state index is -0.927. The van der Waals surface area contributed by atoms with Gasteiger partial charge in [-0.3, -0.25) is 15.1 Å². The van der Waals surface area contributed by atoms with Gasteiger partial charge in [0.05, 0.1) is 5.54 Å². The largest absolute Gasteiger partial charge is 0.480 e. The third kappa shape index (κ3) is 7.21. The van der Waals surface area contributed by atoms with Crippen LogP contribution in [0.2, 0.25) is 0 Å². The number of aliphatic carboxylic acids is 1. The third-order valence-corrected chi connectivity index (χ3v) is 9.18. The van der Waals surface area contributed by atoms with Crippen LogP contribution in [-0.2, 0) is 15.9 Å². The highest BCUT2D eigenvalue weighted by Gasteiger charge is 2.40. The maximum absolute atomic E-state index is 12.9. The van der Waals surface area contributed by atoms with E-state index in [-0.39, 0.29) is 5.96 Å². The first-order chi connectivity index (χ1) is 24.5. The first-order valence-electron chi connectivity index (χ1n) is 17.0. The van der Waals surface area contributed by atoms with Crippen LogP contribution in [0.4, 0.5) is 0 Å². The molecule has 6 aromatic rings. The summed E-state index contributed by atoms with van der Waals surface area (Å²) < 4.78 is 0. The zero-order valence-corrected chi connectivity index (χ0v) is 27.9. The SMILES string of the molecule is NC(=NCCCC(NC(c1ccccc1)(c1ccccc1)c1ccccc1)C(=O)O)NC(c1ccccc1)(c1ccccc1)c1ccccc1. The molecule has 0 amide bonds. The van der Waals surface area contributed by atoms with Crippen molar-refractivity contribution in [3.05, 3.63) is 215 Å². The van der Waals surface area contributed by atoms with Crippen LogP contribution in [0.15, 0.2) is 187 Å². The van der Waals surface area contributed by atoms with Gasteiger partial charge in [0.15, 0.2) is 5.96 Å². The summed E-state index contributed by atoms with van der Waals surface area (Å²) in [6.07, 6.45) is 0.831. The number of aliphatic imine (C=N–C) groups is 1. The lowest BCUT2D eigenvalue weighted by Crippen LogP contribution is -2.52. The molecule has 0 aromatic heterocycles. The van der Waals surface area contributed by atoms with Gasteiger partial charge in [-0.1, -0.05) is 182 Å². The van der Waals surface area contributed by atoms with E-state index in [1.54, 1.807) is 0 Å². The second-order valence-corrected chi connectivity index (χ2v) is 12.3. The average molecular weight is 659 g/mol. The molecule has 0 heterocycles. The zero-order valence-electron chi connectivity index (χ0n) is 27.9. The first kappa shape index (κ1) is 33.9. The predicted octanol–water partition coefficient (Wildman–Crippen LogP) is 7.70. The van der Waals surface area contributed by atoms with Crippen molar-refractivity contribution in [2.24, 2.45) is 10.7 Å². The van der Waals surface area contributed by atoms with E-state index in [9.17, 15) is 9.90 Å². The monoisotopic (exact) mass is 658 g/mol. The summed E-state index contributed by atoms with van der Waals surface area (Å²) in [7, 11) is 0. The summed E-state index contributed by atoms with van der Waals surface area (Å²) in [5, 5.41) is 17.8. The Morgan fingerprint density at radius 1 is 0.540 bits per heavy atom. The Hall–Kier alpha value is -5.98. The molecule has 0 bridgehead atoms. The van der Waals surface area contributed by atoms with E-state index in [2.05, 4.69) is 47.0 Å². The number of benzene rings is 6. The van der Waals surface area contributed by atoms with Crippen LogP contribution < -0.4 is 16.4 Å². The molecule has 50 heavy (non-hydrogen) atoms. The molecular formula is C44H42N4O2. The van der Waals surface area contributed by atoms with E-state index in [1.807, 2.05) is 146 Å². The van der Waals surface area contributed by atoms with Crippen LogP contribution in [0.5, 0.6) is 0 Å². The Balaban J connectivity index is 1.28. The van der Waals surface area contributed by atoms with E-state index in [0.717, 1.165) is 33.4 Å². The first-order valence-corrected chi connectivity index (χ1v) is 17.0. The van der Waals surface area contributed by atoms with E-state index in [1.165, 1.54) is 0 Å². The maximum atomic E-state index is 12.9. The molecule has 1 unspecified atom stereocenters. The van der Waals surface area contributed by atoms with Crippen molar-refractivity contribution in [1.29, 1.82) is 0 Å². The van der Waals surface area contributed by atoms with Crippen molar-refractivity contribution < 1.29 is 9.90 Å². The summed E-state index contributed by atoms with van der Waals surface area (Å²) in [6.45, 7) is 0.341. The predicted molar refractivity (Wildman–Crippen MR) is 202 cm³/mol. The number of nitrogens with one attached hydrogen (secondary N) is 2. The lowest BCUT2D eigenvalue weighted by Gasteiger charge is -2.39. The number of nitrogens with zero attached hydrogens (tertiary/aromatic N) is 1. The van der Waals surface area contributed by atoms with Gasteiger partial charge in [0.1, 0.15) is 11.6 Å². The van der Waals surface area contributed by atoms with Crippen LogP contribution >= 0.6 is 0 Å². The summed E-state index contributed by atoms with van der Waals surface area (Å²) in [4.78, 5) is 17.7. The number of carboxylic acids is 1. The topological polar surface area (TPSA) is 99.7 Å². The van der Waals surface area contributed by atoms with Gasteiger partial charge in [-0.05, 0) is 46.2 Å². The minimum Gasteiger partial charge on any atom is -0.480 e. The third-order valence-electron chi connectivity index (χ3n) is 9.18. The number of nitrogens with two attached hydrogens (primary N) is 1. The van der Waals surface area contributed by atoms with Gasteiger partial charge in [0.2, 0.25) is 0 Å². The summed E-state index contributed by atoms with van der Waals surface area (Å²) in [5.74, 6) is -0.655. The van der Waals surface area contributed by atoms with Crippen LogP contribution in [0, 0.1) is 0 Å². The minimum absolute atomic E-state index is 0.272. The molecule has 1 atom stereocenters.